The van der Waals surface area contributed by atoms with Gasteiger partial charge in [0.15, 0.2) is 5.11 Å². The van der Waals surface area contributed by atoms with Crippen molar-refractivity contribution in [1.29, 1.82) is 0 Å². The average Bonchev–Trinajstić information content (AvgIpc) is 3.49. The minimum atomic E-state index is -0.384. The molecule has 1 aliphatic heterocycles. The lowest BCUT2D eigenvalue weighted by molar-refractivity contribution is -0.384. The Labute approximate surface area is 260 Å². The van der Waals surface area contributed by atoms with Gasteiger partial charge in [-0.1, -0.05) is 36.0 Å². The van der Waals surface area contributed by atoms with Gasteiger partial charge < -0.3 is 14.8 Å². The molecule has 1 N–H and O–H groups in total. The number of nitrogens with zero attached hydrogens (tertiary/aromatic N) is 4. The third kappa shape index (κ3) is 5.42. The Morgan fingerprint density at radius 2 is 1.53 bits per heavy atom. The second kappa shape index (κ2) is 11.7. The number of aromatic nitrogens is 2. The van der Waals surface area contributed by atoms with Crippen LogP contribution in [0.25, 0.3) is 5.69 Å². The third-order valence-corrected chi connectivity index (χ3v) is 9.28. The molecule has 0 saturated carbocycles. The van der Waals surface area contributed by atoms with Crippen LogP contribution in [0.3, 0.4) is 0 Å². The molecule has 9 heteroatoms. The van der Waals surface area contributed by atoms with Crippen molar-refractivity contribution in [3.8, 4) is 5.69 Å². The first-order valence-electron chi connectivity index (χ1n) is 14.0. The summed E-state index contributed by atoms with van der Waals surface area (Å²) in [5.74, 6) is 0. The zero-order valence-electron chi connectivity index (χ0n) is 24.3. The molecule has 1 saturated heterocycles. The number of para-hydroxylation sites is 1. The highest BCUT2D eigenvalue weighted by Gasteiger charge is 2.42. The standard InChI is InChI=1S/C34H31N5O2S2/c1-21-8-7-9-22(2)32(21)37-23(3)20-29(24(37)4)33-31(30-10-5-6-19-35-30)36-34(42)38(33)25-11-15-27(16-12-25)43-28-17-13-26(14-18-28)39(40)41/h5-20,31,33H,1-4H3,(H,36,42)/t31-,33-/m0/s1. The summed E-state index contributed by atoms with van der Waals surface area (Å²) < 4.78 is 2.36. The molecule has 7 nitrogen and oxygen atoms in total. The second-order valence-corrected chi connectivity index (χ2v) is 12.3. The van der Waals surface area contributed by atoms with E-state index >= 15 is 0 Å². The number of aryl methyl sites for hydroxylation is 3. The highest BCUT2D eigenvalue weighted by atomic mass is 32.2. The summed E-state index contributed by atoms with van der Waals surface area (Å²) in [7, 11) is 0. The van der Waals surface area contributed by atoms with E-state index in [2.05, 4.69) is 91.0 Å². The lowest BCUT2D eigenvalue weighted by atomic mass is 9.96. The van der Waals surface area contributed by atoms with Gasteiger partial charge in [0.05, 0.1) is 28.4 Å². The van der Waals surface area contributed by atoms with Crippen LogP contribution in [0.1, 0.15) is 45.9 Å². The molecule has 6 rings (SSSR count). The monoisotopic (exact) mass is 605 g/mol. The number of non-ortho nitro benzene ring substituents is 1. The van der Waals surface area contributed by atoms with E-state index in [0.29, 0.717) is 5.11 Å². The van der Waals surface area contributed by atoms with E-state index in [1.54, 1.807) is 23.9 Å². The van der Waals surface area contributed by atoms with E-state index in [0.717, 1.165) is 26.9 Å². The van der Waals surface area contributed by atoms with Crippen LogP contribution in [0.2, 0.25) is 0 Å². The van der Waals surface area contributed by atoms with Gasteiger partial charge in [-0.05, 0) is 111 Å². The van der Waals surface area contributed by atoms with Crippen molar-refractivity contribution in [2.75, 3.05) is 4.90 Å². The molecule has 216 valence electrons. The summed E-state index contributed by atoms with van der Waals surface area (Å²) in [6.07, 6.45) is 1.82. The number of rotatable bonds is 7. The van der Waals surface area contributed by atoms with Gasteiger partial charge in [-0.2, -0.15) is 0 Å². The molecule has 1 fully saturated rings. The quantitative estimate of drug-likeness (QED) is 0.114. The zero-order chi connectivity index (χ0) is 30.2. The molecule has 43 heavy (non-hydrogen) atoms. The fraction of sp³-hybridized carbons (Fsp3) is 0.176. The van der Waals surface area contributed by atoms with Gasteiger partial charge in [0.1, 0.15) is 0 Å². The fourth-order valence-corrected chi connectivity index (χ4v) is 7.15. The Morgan fingerprint density at radius 3 is 2.14 bits per heavy atom. The highest BCUT2D eigenvalue weighted by molar-refractivity contribution is 7.99. The molecular weight excluding hydrogens is 575 g/mol. The minimum Gasteiger partial charge on any atom is -0.351 e. The van der Waals surface area contributed by atoms with Crippen molar-refractivity contribution in [1.82, 2.24) is 14.9 Å². The Morgan fingerprint density at radius 1 is 0.884 bits per heavy atom. The van der Waals surface area contributed by atoms with Gasteiger partial charge in [0.2, 0.25) is 0 Å². The highest BCUT2D eigenvalue weighted by Crippen LogP contribution is 2.44. The molecule has 0 radical (unpaired) electrons. The smallest absolute Gasteiger partial charge is 0.269 e. The average molecular weight is 606 g/mol. The van der Waals surface area contributed by atoms with Crippen molar-refractivity contribution >= 4 is 40.5 Å². The summed E-state index contributed by atoms with van der Waals surface area (Å²) in [6, 6.07) is 29.3. The second-order valence-electron chi connectivity index (χ2n) is 10.7. The molecule has 3 heterocycles. The number of thiocarbonyl (C=S) groups is 1. The third-order valence-electron chi connectivity index (χ3n) is 7.95. The van der Waals surface area contributed by atoms with Crippen molar-refractivity contribution in [3.63, 3.8) is 0 Å². The van der Waals surface area contributed by atoms with Crippen LogP contribution < -0.4 is 10.2 Å². The van der Waals surface area contributed by atoms with Crippen LogP contribution in [-0.2, 0) is 0 Å². The van der Waals surface area contributed by atoms with E-state index in [9.17, 15) is 10.1 Å². The Kier molecular flexibility index (Phi) is 7.77. The lowest BCUT2D eigenvalue weighted by Crippen LogP contribution is -2.29. The van der Waals surface area contributed by atoms with Crippen molar-refractivity contribution in [2.45, 2.75) is 49.6 Å². The number of anilines is 1. The molecular formula is C34H31N5O2S2. The van der Waals surface area contributed by atoms with Crippen LogP contribution in [0.4, 0.5) is 11.4 Å². The molecule has 2 atom stereocenters. The number of hydrogen-bond donors (Lipinski definition) is 1. The van der Waals surface area contributed by atoms with Gasteiger partial charge in [0, 0.05) is 45.2 Å². The molecule has 1 aliphatic rings. The lowest BCUT2D eigenvalue weighted by Gasteiger charge is -2.28. The largest absolute Gasteiger partial charge is 0.351 e. The van der Waals surface area contributed by atoms with E-state index < -0.39 is 0 Å². The van der Waals surface area contributed by atoms with Crippen LogP contribution in [0.15, 0.2) is 107 Å². The molecule has 0 unspecified atom stereocenters. The summed E-state index contributed by atoms with van der Waals surface area (Å²) in [6.45, 7) is 8.67. The summed E-state index contributed by atoms with van der Waals surface area (Å²) in [5.41, 5.74) is 9.18. The number of nitro benzene ring substituents is 1. The van der Waals surface area contributed by atoms with E-state index in [-0.39, 0.29) is 22.7 Å². The normalized spacial score (nSPS) is 16.4. The number of pyridine rings is 1. The van der Waals surface area contributed by atoms with Crippen molar-refractivity contribution in [2.24, 2.45) is 0 Å². The van der Waals surface area contributed by atoms with Crippen LogP contribution in [-0.4, -0.2) is 19.6 Å². The maximum Gasteiger partial charge on any atom is 0.269 e. The Bertz CT molecular complexity index is 1800. The first-order chi connectivity index (χ1) is 20.7. The first-order valence-corrected chi connectivity index (χ1v) is 15.2. The number of hydrogen-bond acceptors (Lipinski definition) is 5. The fourth-order valence-electron chi connectivity index (χ4n) is 5.99. The van der Waals surface area contributed by atoms with Gasteiger partial charge >= 0.3 is 0 Å². The molecule has 0 bridgehead atoms. The van der Waals surface area contributed by atoms with E-state index in [1.165, 1.54) is 40.2 Å². The maximum absolute atomic E-state index is 11.0. The zero-order valence-corrected chi connectivity index (χ0v) is 25.9. The summed E-state index contributed by atoms with van der Waals surface area (Å²) >= 11 is 7.55. The van der Waals surface area contributed by atoms with Gasteiger partial charge in [-0.15, -0.1) is 0 Å². The van der Waals surface area contributed by atoms with Gasteiger partial charge in [-0.3, -0.25) is 15.1 Å². The topological polar surface area (TPSA) is 76.2 Å². The molecule has 0 spiro atoms. The minimum absolute atomic E-state index is 0.0835. The SMILES string of the molecule is Cc1cccc(C)c1-n1c(C)cc([C@H]2[C@H](c3ccccn3)NC(=S)N2c2ccc(Sc3ccc([N+](=O)[O-])cc3)cc2)c1C. The van der Waals surface area contributed by atoms with E-state index in [1.807, 2.05) is 24.4 Å². The number of nitro groups is 1. The summed E-state index contributed by atoms with van der Waals surface area (Å²) in [5, 5.41) is 15.2. The van der Waals surface area contributed by atoms with Crippen molar-refractivity contribution < 1.29 is 4.92 Å². The van der Waals surface area contributed by atoms with Gasteiger partial charge in [-0.25, -0.2) is 0 Å². The molecule has 3 aromatic carbocycles. The molecule has 0 amide bonds. The number of benzene rings is 3. The van der Waals surface area contributed by atoms with Crippen LogP contribution >= 0.6 is 24.0 Å². The first kappa shape index (κ1) is 28.6. The van der Waals surface area contributed by atoms with Crippen LogP contribution in [0, 0.1) is 37.8 Å². The molecule has 5 aromatic rings. The number of nitrogens with one attached hydrogen (secondary N) is 1. The maximum atomic E-state index is 11.0. The van der Waals surface area contributed by atoms with Crippen molar-refractivity contribution in [3.05, 3.63) is 141 Å². The molecule has 2 aromatic heterocycles. The molecule has 0 aliphatic carbocycles. The van der Waals surface area contributed by atoms with E-state index in [4.69, 9.17) is 17.2 Å². The summed E-state index contributed by atoms with van der Waals surface area (Å²) in [4.78, 5) is 19.5. The van der Waals surface area contributed by atoms with Gasteiger partial charge in [0.25, 0.3) is 5.69 Å². The Balaban J connectivity index is 1.39. The van der Waals surface area contributed by atoms with Crippen LogP contribution in [0.5, 0.6) is 0 Å². The predicted molar refractivity (Wildman–Crippen MR) is 176 cm³/mol. The Hall–Kier alpha value is -4.47. The predicted octanol–water partition coefficient (Wildman–Crippen LogP) is 8.34.